The molecule has 0 fully saturated rings. The molecule has 0 aliphatic heterocycles. The van der Waals surface area contributed by atoms with Crippen molar-refractivity contribution >= 4 is 34.9 Å². The lowest BCUT2D eigenvalue weighted by Gasteiger charge is -2.19. The summed E-state index contributed by atoms with van der Waals surface area (Å²) in [5.74, 6) is -0.439. The van der Waals surface area contributed by atoms with Crippen LogP contribution in [0.2, 0.25) is 10.0 Å². The Labute approximate surface area is 133 Å². The average Bonchev–Trinajstić information content (AvgIpc) is 2.48. The Hall–Kier alpha value is -1.71. The number of hydrogen-bond acceptors (Lipinski definition) is 3. The molecule has 1 unspecified atom stereocenters. The number of anilines is 1. The van der Waals surface area contributed by atoms with E-state index >= 15 is 0 Å². The predicted octanol–water partition coefficient (Wildman–Crippen LogP) is 4.95. The largest absolute Gasteiger partial charge is 0.465 e. The summed E-state index contributed by atoms with van der Waals surface area (Å²) in [7, 11) is 1.34. The number of ether oxygens (including phenoxy) is 1. The number of carbonyl (C=O) groups is 1. The number of benzene rings is 2. The third-order valence-electron chi connectivity index (χ3n) is 3.13. The van der Waals surface area contributed by atoms with E-state index in [1.165, 1.54) is 7.11 Å². The molecule has 3 nitrogen and oxygen atoms in total. The van der Waals surface area contributed by atoms with Crippen LogP contribution in [0.3, 0.4) is 0 Å². The van der Waals surface area contributed by atoms with E-state index in [0.29, 0.717) is 21.3 Å². The van der Waals surface area contributed by atoms with Gasteiger partial charge in [0.2, 0.25) is 0 Å². The molecule has 2 aromatic carbocycles. The van der Waals surface area contributed by atoms with Crippen LogP contribution >= 0.6 is 23.2 Å². The molecule has 0 amide bonds. The molecule has 0 aliphatic rings. The smallest absolute Gasteiger partial charge is 0.340 e. The molecule has 5 heteroatoms. The van der Waals surface area contributed by atoms with Crippen LogP contribution < -0.4 is 5.32 Å². The normalized spacial score (nSPS) is 11.8. The van der Waals surface area contributed by atoms with Gasteiger partial charge in [-0.15, -0.1) is 0 Å². The molecule has 0 radical (unpaired) electrons. The van der Waals surface area contributed by atoms with E-state index < -0.39 is 5.97 Å². The van der Waals surface area contributed by atoms with Crippen LogP contribution in [0.5, 0.6) is 0 Å². The highest BCUT2D eigenvalue weighted by Gasteiger charge is 2.16. The molecule has 21 heavy (non-hydrogen) atoms. The van der Waals surface area contributed by atoms with Crippen molar-refractivity contribution in [2.45, 2.75) is 13.0 Å². The quantitative estimate of drug-likeness (QED) is 0.809. The van der Waals surface area contributed by atoms with Crippen molar-refractivity contribution in [2.75, 3.05) is 12.4 Å². The molecule has 1 N–H and O–H groups in total. The molecular formula is C16H15Cl2NO2. The molecule has 0 bridgehead atoms. The second-order valence-corrected chi connectivity index (χ2v) is 5.41. The second-order valence-electron chi connectivity index (χ2n) is 4.57. The number of carbonyl (C=O) groups excluding carboxylic acids is 1. The molecular weight excluding hydrogens is 309 g/mol. The predicted molar refractivity (Wildman–Crippen MR) is 86.3 cm³/mol. The van der Waals surface area contributed by atoms with Crippen molar-refractivity contribution in [1.29, 1.82) is 0 Å². The number of nitrogens with one attached hydrogen (secondary N) is 1. The van der Waals surface area contributed by atoms with Crippen LogP contribution in [-0.4, -0.2) is 13.1 Å². The Morgan fingerprint density at radius 1 is 1.19 bits per heavy atom. The van der Waals surface area contributed by atoms with Gasteiger partial charge in [-0.05, 0) is 36.8 Å². The highest BCUT2D eigenvalue weighted by atomic mass is 35.5. The van der Waals surface area contributed by atoms with E-state index in [2.05, 4.69) is 5.32 Å². The SMILES string of the molecule is COC(=O)c1cc(Cl)ccc1NC(C)c1ccccc1Cl. The molecule has 2 aromatic rings. The van der Waals surface area contributed by atoms with Crippen LogP contribution in [-0.2, 0) is 4.74 Å². The van der Waals surface area contributed by atoms with Gasteiger partial charge in [-0.1, -0.05) is 41.4 Å². The molecule has 0 saturated carbocycles. The summed E-state index contributed by atoms with van der Waals surface area (Å²) in [5, 5.41) is 4.42. The minimum atomic E-state index is -0.439. The van der Waals surface area contributed by atoms with Gasteiger partial charge >= 0.3 is 5.97 Å². The van der Waals surface area contributed by atoms with Crippen LogP contribution in [0.1, 0.15) is 28.9 Å². The third kappa shape index (κ3) is 3.69. The maximum atomic E-state index is 11.8. The van der Waals surface area contributed by atoms with Crippen molar-refractivity contribution in [1.82, 2.24) is 0 Å². The van der Waals surface area contributed by atoms with Crippen LogP contribution in [0.15, 0.2) is 42.5 Å². The molecule has 0 aliphatic carbocycles. The van der Waals surface area contributed by atoms with Crippen molar-refractivity contribution in [2.24, 2.45) is 0 Å². The van der Waals surface area contributed by atoms with Gasteiger partial charge in [0.1, 0.15) is 0 Å². The van der Waals surface area contributed by atoms with E-state index in [-0.39, 0.29) is 6.04 Å². The van der Waals surface area contributed by atoms with Crippen LogP contribution in [0, 0.1) is 0 Å². The average molecular weight is 324 g/mol. The van der Waals surface area contributed by atoms with Crippen LogP contribution in [0.25, 0.3) is 0 Å². The Morgan fingerprint density at radius 3 is 2.57 bits per heavy atom. The zero-order chi connectivity index (χ0) is 15.4. The molecule has 110 valence electrons. The fraction of sp³-hybridized carbons (Fsp3) is 0.188. The number of methoxy groups -OCH3 is 1. The first-order chi connectivity index (χ1) is 10.0. The summed E-state index contributed by atoms with van der Waals surface area (Å²) in [6, 6.07) is 12.5. The first-order valence-electron chi connectivity index (χ1n) is 6.41. The number of esters is 1. The van der Waals surface area contributed by atoms with Gasteiger partial charge in [0.25, 0.3) is 0 Å². The molecule has 0 saturated heterocycles. The van der Waals surface area contributed by atoms with Crippen molar-refractivity contribution in [3.8, 4) is 0 Å². The summed E-state index contributed by atoms with van der Waals surface area (Å²) < 4.78 is 4.78. The zero-order valence-corrected chi connectivity index (χ0v) is 13.2. The maximum absolute atomic E-state index is 11.8. The Bertz CT molecular complexity index is 658. The van der Waals surface area contributed by atoms with Crippen LogP contribution in [0.4, 0.5) is 5.69 Å². The second kappa shape index (κ2) is 6.83. The number of halogens is 2. The highest BCUT2D eigenvalue weighted by molar-refractivity contribution is 6.31. The summed E-state index contributed by atoms with van der Waals surface area (Å²) in [6.45, 7) is 1.97. The van der Waals surface area contributed by atoms with E-state index in [4.69, 9.17) is 27.9 Å². The first-order valence-corrected chi connectivity index (χ1v) is 7.17. The maximum Gasteiger partial charge on any atom is 0.340 e. The lowest BCUT2D eigenvalue weighted by atomic mass is 10.1. The monoisotopic (exact) mass is 323 g/mol. The van der Waals surface area contributed by atoms with Gasteiger partial charge in [-0.2, -0.15) is 0 Å². The van der Waals surface area contributed by atoms with Gasteiger partial charge in [0.15, 0.2) is 0 Å². The highest BCUT2D eigenvalue weighted by Crippen LogP contribution is 2.28. The zero-order valence-electron chi connectivity index (χ0n) is 11.7. The molecule has 2 rings (SSSR count). The van der Waals surface area contributed by atoms with E-state index in [9.17, 15) is 4.79 Å². The molecule has 0 spiro atoms. The topological polar surface area (TPSA) is 38.3 Å². The summed E-state index contributed by atoms with van der Waals surface area (Å²) in [6.07, 6.45) is 0. The summed E-state index contributed by atoms with van der Waals surface area (Å²) in [4.78, 5) is 11.8. The minimum absolute atomic E-state index is 0.0664. The Kier molecular flexibility index (Phi) is 5.10. The fourth-order valence-electron chi connectivity index (χ4n) is 2.06. The van der Waals surface area contributed by atoms with Crippen molar-refractivity contribution in [3.05, 3.63) is 63.6 Å². The fourth-order valence-corrected chi connectivity index (χ4v) is 2.53. The van der Waals surface area contributed by atoms with Crippen molar-refractivity contribution in [3.63, 3.8) is 0 Å². The van der Waals surface area contributed by atoms with Gasteiger partial charge in [-0.25, -0.2) is 4.79 Å². The lowest BCUT2D eigenvalue weighted by molar-refractivity contribution is 0.0602. The number of rotatable bonds is 4. The van der Waals surface area contributed by atoms with E-state index in [1.54, 1.807) is 18.2 Å². The van der Waals surface area contributed by atoms with E-state index in [0.717, 1.165) is 5.56 Å². The molecule has 0 aromatic heterocycles. The van der Waals surface area contributed by atoms with Gasteiger partial charge in [0, 0.05) is 15.7 Å². The Balaban J connectivity index is 2.31. The van der Waals surface area contributed by atoms with E-state index in [1.807, 2.05) is 31.2 Å². The lowest BCUT2D eigenvalue weighted by Crippen LogP contribution is -2.12. The Morgan fingerprint density at radius 2 is 1.90 bits per heavy atom. The van der Waals surface area contributed by atoms with Crippen molar-refractivity contribution < 1.29 is 9.53 Å². The first kappa shape index (κ1) is 15.7. The summed E-state index contributed by atoms with van der Waals surface area (Å²) in [5.41, 5.74) is 1.99. The molecule has 0 heterocycles. The van der Waals surface area contributed by atoms with Gasteiger partial charge < -0.3 is 10.1 Å². The number of hydrogen-bond donors (Lipinski definition) is 1. The summed E-state index contributed by atoms with van der Waals surface area (Å²) >= 11 is 12.1. The molecule has 1 atom stereocenters. The third-order valence-corrected chi connectivity index (χ3v) is 3.71. The standard InChI is InChI=1S/C16H15Cl2NO2/c1-10(12-5-3-4-6-14(12)18)19-15-8-7-11(17)9-13(15)16(20)21-2/h3-10,19H,1-2H3. The minimum Gasteiger partial charge on any atom is -0.465 e. The van der Waals surface area contributed by atoms with Gasteiger partial charge in [-0.3, -0.25) is 0 Å². The van der Waals surface area contributed by atoms with Gasteiger partial charge in [0.05, 0.1) is 18.7 Å².